The van der Waals surface area contributed by atoms with Gasteiger partial charge in [-0.2, -0.15) is 0 Å². The van der Waals surface area contributed by atoms with Crippen LogP contribution in [0.3, 0.4) is 0 Å². The van der Waals surface area contributed by atoms with E-state index in [9.17, 15) is 0 Å². The van der Waals surface area contributed by atoms with Crippen LogP contribution >= 0.6 is 0 Å². The Labute approximate surface area is 143 Å². The molecule has 0 aliphatic carbocycles. The normalized spacial score (nSPS) is 11.5. The highest BCUT2D eigenvalue weighted by atomic mass is 16.3. The van der Waals surface area contributed by atoms with Gasteiger partial charge >= 0.3 is 0 Å². The van der Waals surface area contributed by atoms with E-state index in [1.165, 1.54) is 5.56 Å². The maximum absolute atomic E-state index is 6.03. The van der Waals surface area contributed by atoms with Gasteiger partial charge in [-0.1, -0.05) is 57.5 Å². The molecule has 0 aliphatic rings. The van der Waals surface area contributed by atoms with Crippen LogP contribution < -0.4 is 0 Å². The van der Waals surface area contributed by atoms with Gasteiger partial charge in [-0.25, -0.2) is 4.98 Å². The third-order valence-corrected chi connectivity index (χ3v) is 4.12. The van der Waals surface area contributed by atoms with Crippen molar-refractivity contribution >= 4 is 0 Å². The Morgan fingerprint density at radius 3 is 2.04 bits per heavy atom. The summed E-state index contributed by atoms with van der Waals surface area (Å²) in [6.07, 6.45) is 1.82. The second-order valence-corrected chi connectivity index (χ2v) is 6.87. The van der Waals surface area contributed by atoms with E-state index in [2.05, 4.69) is 63.9 Å². The van der Waals surface area contributed by atoms with E-state index in [-0.39, 0.29) is 0 Å². The molecule has 3 heteroatoms. The fourth-order valence-corrected chi connectivity index (χ4v) is 2.75. The minimum atomic E-state index is 0.335. The van der Waals surface area contributed by atoms with E-state index in [0.29, 0.717) is 11.8 Å². The summed E-state index contributed by atoms with van der Waals surface area (Å²) in [6.45, 7) is 10.7. The molecular formula is C21H24N2O. The first-order valence-corrected chi connectivity index (χ1v) is 8.49. The van der Waals surface area contributed by atoms with E-state index in [1.54, 1.807) is 0 Å². The number of hydrogen-bond acceptors (Lipinski definition) is 3. The number of aromatic nitrogens is 2. The van der Waals surface area contributed by atoms with Crippen LogP contribution in [-0.4, -0.2) is 9.97 Å². The zero-order chi connectivity index (χ0) is 17.3. The number of nitrogens with zero attached hydrogens (tertiary/aromatic N) is 2. The molecule has 0 unspecified atom stereocenters. The maximum Gasteiger partial charge on any atom is 0.154 e. The van der Waals surface area contributed by atoms with Gasteiger partial charge in [0.25, 0.3) is 0 Å². The number of benzene rings is 1. The molecule has 2 heterocycles. The van der Waals surface area contributed by atoms with Crippen LogP contribution in [0, 0.1) is 6.92 Å². The molecule has 0 saturated carbocycles. The molecule has 0 aliphatic heterocycles. The van der Waals surface area contributed by atoms with Gasteiger partial charge in [0.05, 0.1) is 17.6 Å². The molecule has 3 nitrogen and oxygen atoms in total. The first-order chi connectivity index (χ1) is 11.5. The zero-order valence-corrected chi connectivity index (χ0v) is 15.0. The molecule has 0 spiro atoms. The van der Waals surface area contributed by atoms with Crippen LogP contribution in [0.1, 0.15) is 56.5 Å². The third-order valence-electron chi connectivity index (χ3n) is 4.12. The molecule has 0 fully saturated rings. The minimum Gasteiger partial charge on any atom is -0.454 e. The summed E-state index contributed by atoms with van der Waals surface area (Å²) in [5, 5.41) is 0. The first-order valence-electron chi connectivity index (χ1n) is 8.49. The molecule has 124 valence electrons. The molecule has 3 rings (SSSR count). The Bertz CT molecular complexity index is 829. The molecule has 3 aromatic rings. The zero-order valence-electron chi connectivity index (χ0n) is 15.0. The Balaban J connectivity index is 1.98. The summed E-state index contributed by atoms with van der Waals surface area (Å²) in [5.41, 5.74) is 5.22. The van der Waals surface area contributed by atoms with Gasteiger partial charge in [0.2, 0.25) is 0 Å². The SMILES string of the molecule is Cc1ccc(-c2ccc(-c3cnc(C(C)C)c(C(C)C)n3)o2)cc1. The second-order valence-electron chi connectivity index (χ2n) is 6.87. The Hall–Kier alpha value is -2.42. The van der Waals surface area contributed by atoms with Crippen molar-refractivity contribution in [3.8, 4) is 22.8 Å². The summed E-state index contributed by atoms with van der Waals surface area (Å²) < 4.78 is 6.03. The van der Waals surface area contributed by atoms with Gasteiger partial charge in [0, 0.05) is 5.56 Å². The molecule has 24 heavy (non-hydrogen) atoms. The summed E-state index contributed by atoms with van der Waals surface area (Å²) >= 11 is 0. The third kappa shape index (κ3) is 3.25. The van der Waals surface area contributed by atoms with E-state index in [1.807, 2.05) is 18.3 Å². The average molecular weight is 320 g/mol. The summed E-state index contributed by atoms with van der Waals surface area (Å²) in [7, 11) is 0. The molecule has 0 radical (unpaired) electrons. The molecule has 2 aromatic heterocycles. The second kappa shape index (κ2) is 6.60. The first kappa shape index (κ1) is 16.4. The van der Waals surface area contributed by atoms with Crippen molar-refractivity contribution in [3.05, 3.63) is 59.5 Å². The van der Waals surface area contributed by atoms with Crippen molar-refractivity contribution in [2.75, 3.05) is 0 Å². The quantitative estimate of drug-likeness (QED) is 0.595. The maximum atomic E-state index is 6.03. The van der Waals surface area contributed by atoms with E-state index in [4.69, 9.17) is 9.40 Å². The Morgan fingerprint density at radius 1 is 0.792 bits per heavy atom. The van der Waals surface area contributed by atoms with Gasteiger partial charge in [0.15, 0.2) is 5.76 Å². The molecular weight excluding hydrogens is 296 g/mol. The van der Waals surface area contributed by atoms with Gasteiger partial charge < -0.3 is 4.42 Å². The highest BCUT2D eigenvalue weighted by Gasteiger charge is 2.16. The van der Waals surface area contributed by atoms with Crippen molar-refractivity contribution < 1.29 is 4.42 Å². The van der Waals surface area contributed by atoms with Crippen LogP contribution in [0.5, 0.6) is 0 Å². The standard InChI is InChI=1S/C21H24N2O/c1-13(2)20-21(14(3)4)23-17(12-22-20)19-11-10-18(24-19)16-8-6-15(5)7-9-16/h6-14H,1-5H3. The minimum absolute atomic E-state index is 0.335. The smallest absolute Gasteiger partial charge is 0.154 e. The topological polar surface area (TPSA) is 38.9 Å². The Morgan fingerprint density at radius 2 is 1.42 bits per heavy atom. The summed E-state index contributed by atoms with van der Waals surface area (Å²) in [5.74, 6) is 2.31. The lowest BCUT2D eigenvalue weighted by Gasteiger charge is -2.14. The van der Waals surface area contributed by atoms with Gasteiger partial charge in [-0.15, -0.1) is 0 Å². The number of aryl methyl sites for hydroxylation is 1. The number of rotatable bonds is 4. The Kier molecular flexibility index (Phi) is 4.52. The van der Waals surface area contributed by atoms with Crippen molar-refractivity contribution in [1.82, 2.24) is 9.97 Å². The average Bonchev–Trinajstić information content (AvgIpc) is 3.04. The lowest BCUT2D eigenvalue weighted by atomic mass is 10.0. The van der Waals surface area contributed by atoms with Crippen molar-refractivity contribution in [3.63, 3.8) is 0 Å². The molecule has 0 saturated heterocycles. The fourth-order valence-electron chi connectivity index (χ4n) is 2.75. The highest BCUT2D eigenvalue weighted by molar-refractivity contribution is 5.63. The van der Waals surface area contributed by atoms with Crippen molar-refractivity contribution in [1.29, 1.82) is 0 Å². The van der Waals surface area contributed by atoms with Gasteiger partial charge in [-0.05, 0) is 30.9 Å². The van der Waals surface area contributed by atoms with Crippen LogP contribution in [0.15, 0.2) is 47.0 Å². The molecule has 1 aromatic carbocycles. The predicted molar refractivity (Wildman–Crippen MR) is 98.1 cm³/mol. The van der Waals surface area contributed by atoms with E-state index >= 15 is 0 Å². The fraction of sp³-hybridized carbons (Fsp3) is 0.333. The largest absolute Gasteiger partial charge is 0.454 e. The van der Waals surface area contributed by atoms with Crippen LogP contribution in [0.4, 0.5) is 0 Å². The summed E-state index contributed by atoms with van der Waals surface area (Å²) in [6, 6.07) is 12.3. The van der Waals surface area contributed by atoms with Gasteiger partial charge in [-0.3, -0.25) is 4.98 Å². The van der Waals surface area contributed by atoms with Crippen LogP contribution in [0.25, 0.3) is 22.8 Å². The van der Waals surface area contributed by atoms with Crippen molar-refractivity contribution in [2.45, 2.75) is 46.5 Å². The highest BCUT2D eigenvalue weighted by Crippen LogP contribution is 2.30. The molecule has 0 bridgehead atoms. The predicted octanol–water partition coefficient (Wildman–Crippen LogP) is 5.96. The molecule has 0 amide bonds. The lowest BCUT2D eigenvalue weighted by molar-refractivity contribution is 0.592. The lowest BCUT2D eigenvalue weighted by Crippen LogP contribution is -2.05. The number of hydrogen-bond donors (Lipinski definition) is 0. The van der Waals surface area contributed by atoms with Crippen molar-refractivity contribution in [2.24, 2.45) is 0 Å². The monoisotopic (exact) mass is 320 g/mol. The molecule has 0 N–H and O–H groups in total. The van der Waals surface area contributed by atoms with Gasteiger partial charge in [0.1, 0.15) is 11.5 Å². The van der Waals surface area contributed by atoms with Crippen LogP contribution in [-0.2, 0) is 0 Å². The number of furan rings is 1. The van der Waals surface area contributed by atoms with E-state index in [0.717, 1.165) is 34.2 Å². The van der Waals surface area contributed by atoms with E-state index < -0.39 is 0 Å². The van der Waals surface area contributed by atoms with Crippen LogP contribution in [0.2, 0.25) is 0 Å². The summed E-state index contributed by atoms with van der Waals surface area (Å²) in [4.78, 5) is 9.48. The molecule has 0 atom stereocenters.